The molecule has 0 saturated heterocycles. The lowest BCUT2D eigenvalue weighted by Gasteiger charge is -2.24. The van der Waals surface area contributed by atoms with Crippen LogP contribution in [0.5, 0.6) is 0 Å². The van der Waals surface area contributed by atoms with Crippen LogP contribution in [0.4, 0.5) is 5.69 Å². The van der Waals surface area contributed by atoms with E-state index in [-0.39, 0.29) is 29.6 Å². The summed E-state index contributed by atoms with van der Waals surface area (Å²) in [5.74, 6) is 0.812. The number of nitrogens with one attached hydrogen (secondary N) is 2. The topological polar surface area (TPSA) is 48.9 Å². The Morgan fingerprint density at radius 2 is 1.87 bits per heavy atom. The van der Waals surface area contributed by atoms with Crippen LogP contribution in [0.15, 0.2) is 35.3 Å². The summed E-state index contributed by atoms with van der Waals surface area (Å²) in [6, 6.07) is 10.4. The van der Waals surface area contributed by atoms with Crippen molar-refractivity contribution in [1.29, 1.82) is 0 Å². The first kappa shape index (κ1) is 22.0. The number of benzene rings is 1. The molecule has 1 aromatic rings. The summed E-state index contributed by atoms with van der Waals surface area (Å²) in [5, 5.41) is 6.61. The minimum Gasteiger partial charge on any atom is -0.377 e. The first-order valence-corrected chi connectivity index (χ1v) is 7.74. The van der Waals surface area contributed by atoms with Gasteiger partial charge in [-0.3, -0.25) is 4.99 Å². The molecule has 132 valence electrons. The molecule has 0 aliphatic heterocycles. The van der Waals surface area contributed by atoms with Gasteiger partial charge in [0, 0.05) is 46.5 Å². The molecule has 2 N–H and O–H groups in total. The third kappa shape index (κ3) is 9.00. The second-order valence-corrected chi connectivity index (χ2v) is 5.93. The molecule has 0 saturated carbocycles. The van der Waals surface area contributed by atoms with Gasteiger partial charge in [-0.05, 0) is 32.4 Å². The van der Waals surface area contributed by atoms with Gasteiger partial charge >= 0.3 is 0 Å². The van der Waals surface area contributed by atoms with Gasteiger partial charge in [0.15, 0.2) is 5.96 Å². The van der Waals surface area contributed by atoms with Gasteiger partial charge in [-0.1, -0.05) is 18.2 Å². The third-order valence-corrected chi connectivity index (χ3v) is 3.62. The molecule has 0 heterocycles. The van der Waals surface area contributed by atoms with Crippen molar-refractivity contribution in [2.45, 2.75) is 25.9 Å². The van der Waals surface area contributed by atoms with Gasteiger partial charge in [0.2, 0.25) is 0 Å². The van der Waals surface area contributed by atoms with Crippen molar-refractivity contribution >= 4 is 35.6 Å². The molecule has 0 amide bonds. The molecule has 0 radical (unpaired) electrons. The highest BCUT2D eigenvalue weighted by Gasteiger charge is 2.16. The van der Waals surface area contributed by atoms with Crippen LogP contribution in [0, 0.1) is 0 Å². The number of ether oxygens (including phenoxy) is 1. The Kier molecular flexibility index (Phi) is 11.0. The van der Waals surface area contributed by atoms with Crippen LogP contribution in [-0.4, -0.2) is 52.4 Å². The zero-order chi connectivity index (χ0) is 16.4. The number of aliphatic imine (C=N–C) groups is 1. The van der Waals surface area contributed by atoms with E-state index in [1.165, 1.54) is 5.69 Å². The standard InChI is InChI=1S/C17H30N4O.HI/c1-17(2,22-5)14-20-16(18-3)19-12-9-13-21(4)15-10-7-6-8-11-15;/h6-8,10-11H,9,12-14H2,1-5H3,(H2,18,19,20);1H. The van der Waals surface area contributed by atoms with Gasteiger partial charge in [0.1, 0.15) is 0 Å². The van der Waals surface area contributed by atoms with Crippen LogP contribution in [-0.2, 0) is 4.74 Å². The second-order valence-electron chi connectivity index (χ2n) is 5.93. The molecule has 0 unspecified atom stereocenters. The first-order valence-electron chi connectivity index (χ1n) is 7.74. The Hall–Kier alpha value is -1.02. The molecule has 5 nitrogen and oxygen atoms in total. The van der Waals surface area contributed by atoms with E-state index < -0.39 is 0 Å². The second kappa shape index (κ2) is 11.5. The van der Waals surface area contributed by atoms with E-state index in [0.717, 1.165) is 25.5 Å². The molecular weight excluding hydrogens is 403 g/mol. The molecule has 0 atom stereocenters. The smallest absolute Gasteiger partial charge is 0.191 e. The maximum atomic E-state index is 5.39. The molecule has 0 aromatic heterocycles. The summed E-state index contributed by atoms with van der Waals surface area (Å²) >= 11 is 0. The van der Waals surface area contributed by atoms with Crippen molar-refractivity contribution in [2.24, 2.45) is 4.99 Å². The van der Waals surface area contributed by atoms with E-state index in [1.54, 1.807) is 14.2 Å². The van der Waals surface area contributed by atoms with Crippen LogP contribution in [0.1, 0.15) is 20.3 Å². The Balaban J connectivity index is 0.00000484. The monoisotopic (exact) mass is 434 g/mol. The van der Waals surface area contributed by atoms with Crippen molar-refractivity contribution < 1.29 is 4.74 Å². The lowest BCUT2D eigenvalue weighted by atomic mass is 10.1. The number of rotatable bonds is 8. The molecule has 1 rings (SSSR count). The molecule has 23 heavy (non-hydrogen) atoms. The highest BCUT2D eigenvalue weighted by Crippen LogP contribution is 2.10. The largest absolute Gasteiger partial charge is 0.377 e. The molecule has 6 heteroatoms. The van der Waals surface area contributed by atoms with Gasteiger partial charge in [-0.15, -0.1) is 24.0 Å². The van der Waals surface area contributed by atoms with Gasteiger partial charge in [0.25, 0.3) is 0 Å². The zero-order valence-electron chi connectivity index (χ0n) is 14.9. The minimum atomic E-state index is -0.203. The Morgan fingerprint density at radius 3 is 2.43 bits per heavy atom. The average Bonchev–Trinajstić information content (AvgIpc) is 2.54. The van der Waals surface area contributed by atoms with Gasteiger partial charge < -0.3 is 20.3 Å². The highest BCUT2D eigenvalue weighted by atomic mass is 127. The summed E-state index contributed by atoms with van der Waals surface area (Å²) in [4.78, 5) is 6.48. The number of hydrogen-bond donors (Lipinski definition) is 2. The quantitative estimate of drug-likeness (QED) is 0.286. The van der Waals surface area contributed by atoms with E-state index in [0.29, 0.717) is 6.54 Å². The van der Waals surface area contributed by atoms with Crippen LogP contribution in [0.3, 0.4) is 0 Å². The molecule has 1 aromatic carbocycles. The minimum absolute atomic E-state index is 0. The number of hydrogen-bond acceptors (Lipinski definition) is 3. The molecule has 0 spiro atoms. The Labute approximate surface area is 157 Å². The molecule has 0 fully saturated rings. The number of guanidine groups is 1. The lowest BCUT2D eigenvalue weighted by Crippen LogP contribution is -2.45. The Morgan fingerprint density at radius 1 is 1.22 bits per heavy atom. The third-order valence-electron chi connectivity index (χ3n) is 3.62. The number of methoxy groups -OCH3 is 1. The van der Waals surface area contributed by atoms with Crippen molar-refractivity contribution in [3.63, 3.8) is 0 Å². The van der Waals surface area contributed by atoms with E-state index >= 15 is 0 Å². The average molecular weight is 434 g/mol. The summed E-state index contributed by atoms with van der Waals surface area (Å²) in [5.41, 5.74) is 1.04. The zero-order valence-corrected chi connectivity index (χ0v) is 17.3. The number of para-hydroxylation sites is 1. The van der Waals surface area contributed by atoms with E-state index in [2.05, 4.69) is 51.8 Å². The number of nitrogens with zero attached hydrogens (tertiary/aromatic N) is 2. The lowest BCUT2D eigenvalue weighted by molar-refractivity contribution is 0.0268. The molecule has 0 aliphatic carbocycles. The summed E-state index contributed by atoms with van der Waals surface area (Å²) < 4.78 is 5.39. The molecule has 0 bridgehead atoms. The Bertz CT molecular complexity index is 451. The highest BCUT2D eigenvalue weighted by molar-refractivity contribution is 14.0. The van der Waals surface area contributed by atoms with Gasteiger partial charge in [-0.25, -0.2) is 0 Å². The van der Waals surface area contributed by atoms with Crippen molar-refractivity contribution in [3.05, 3.63) is 30.3 Å². The summed E-state index contributed by atoms with van der Waals surface area (Å²) in [7, 11) is 5.62. The van der Waals surface area contributed by atoms with Crippen molar-refractivity contribution in [2.75, 3.05) is 45.7 Å². The summed E-state index contributed by atoms with van der Waals surface area (Å²) in [6.07, 6.45) is 1.04. The van der Waals surface area contributed by atoms with Crippen LogP contribution >= 0.6 is 24.0 Å². The van der Waals surface area contributed by atoms with Gasteiger partial charge in [0.05, 0.1) is 5.60 Å². The van der Waals surface area contributed by atoms with Crippen LogP contribution < -0.4 is 15.5 Å². The summed E-state index contributed by atoms with van der Waals surface area (Å²) in [6.45, 7) is 6.68. The molecule has 0 aliphatic rings. The van der Waals surface area contributed by atoms with E-state index in [4.69, 9.17) is 4.74 Å². The fraction of sp³-hybridized carbons (Fsp3) is 0.588. The fourth-order valence-corrected chi connectivity index (χ4v) is 1.92. The van der Waals surface area contributed by atoms with Gasteiger partial charge in [-0.2, -0.15) is 0 Å². The van der Waals surface area contributed by atoms with Crippen molar-refractivity contribution in [1.82, 2.24) is 10.6 Å². The predicted molar refractivity (Wildman–Crippen MR) is 110 cm³/mol. The SMILES string of the molecule is CN=C(NCCCN(C)c1ccccc1)NCC(C)(C)OC.I. The van der Waals surface area contributed by atoms with Crippen molar-refractivity contribution in [3.8, 4) is 0 Å². The predicted octanol–water partition coefficient (Wildman–Crippen LogP) is 2.72. The van der Waals surface area contributed by atoms with E-state index in [9.17, 15) is 0 Å². The van der Waals surface area contributed by atoms with E-state index in [1.807, 2.05) is 19.9 Å². The van der Waals surface area contributed by atoms with Crippen LogP contribution in [0.2, 0.25) is 0 Å². The number of anilines is 1. The fourth-order valence-electron chi connectivity index (χ4n) is 1.92. The first-order chi connectivity index (χ1) is 10.5. The maximum Gasteiger partial charge on any atom is 0.191 e. The normalized spacial score (nSPS) is 11.6. The molecular formula is C17H31IN4O. The number of halogens is 1. The van der Waals surface area contributed by atoms with Crippen LogP contribution in [0.25, 0.3) is 0 Å². The maximum absolute atomic E-state index is 5.39.